The molecule has 0 bridgehead atoms. The van der Waals surface area contributed by atoms with E-state index in [1.165, 1.54) is 11.1 Å². The van der Waals surface area contributed by atoms with Gasteiger partial charge in [0.15, 0.2) is 0 Å². The van der Waals surface area contributed by atoms with Gasteiger partial charge in [0, 0.05) is 12.0 Å². The largest absolute Gasteiger partial charge is 0.347 e. The summed E-state index contributed by atoms with van der Waals surface area (Å²) in [5.41, 5.74) is 2.69. The van der Waals surface area contributed by atoms with Crippen LogP contribution in [0.1, 0.15) is 55.7 Å². The van der Waals surface area contributed by atoms with E-state index in [4.69, 9.17) is 0 Å². The maximum atomic E-state index is 12.8. The zero-order valence-corrected chi connectivity index (χ0v) is 13.5. The van der Waals surface area contributed by atoms with E-state index in [1.807, 2.05) is 0 Å². The van der Waals surface area contributed by atoms with Gasteiger partial charge in [0.2, 0.25) is 11.8 Å². The number of hydrogen-bond donors (Lipinski definition) is 1. The molecule has 4 rings (SSSR count). The minimum absolute atomic E-state index is 0.0538. The third-order valence-corrected chi connectivity index (χ3v) is 5.26. The third-order valence-electron chi connectivity index (χ3n) is 5.26. The monoisotopic (exact) mass is 312 g/mol. The molecule has 0 heterocycles. The number of benzene rings is 1. The highest BCUT2D eigenvalue weighted by atomic mass is 16.2. The molecule has 0 saturated heterocycles. The fourth-order valence-electron chi connectivity index (χ4n) is 3.75. The number of rotatable bonds is 5. The topological polar surface area (TPSA) is 49.4 Å². The Labute approximate surface area is 137 Å². The van der Waals surface area contributed by atoms with E-state index in [9.17, 15) is 9.59 Å². The summed E-state index contributed by atoms with van der Waals surface area (Å²) < 4.78 is 0. The number of aryl methyl sites for hydroxylation is 1. The Balaban J connectivity index is 1.49. The number of fused-ring (bicyclic) bond motifs is 1. The van der Waals surface area contributed by atoms with Gasteiger partial charge in [-0.3, -0.25) is 9.59 Å². The molecule has 0 radical (unpaired) electrons. The Bertz CT molecular complexity index is 620. The summed E-state index contributed by atoms with van der Waals surface area (Å²) in [4.78, 5) is 26.7. The Morgan fingerprint density at radius 1 is 1.09 bits per heavy atom. The average molecular weight is 312 g/mol. The van der Waals surface area contributed by atoms with Crippen LogP contribution >= 0.6 is 0 Å². The lowest BCUT2D eigenvalue weighted by Crippen LogP contribution is -2.44. The lowest BCUT2D eigenvalue weighted by Gasteiger charge is -2.36. The van der Waals surface area contributed by atoms with E-state index in [-0.39, 0.29) is 30.3 Å². The number of carbonyl (C=O) groups is 2. The van der Waals surface area contributed by atoms with E-state index in [2.05, 4.69) is 34.5 Å². The van der Waals surface area contributed by atoms with Crippen molar-refractivity contribution in [2.45, 2.75) is 57.0 Å². The molecule has 1 N–H and O–H groups in total. The predicted molar refractivity (Wildman–Crippen MR) is 87.7 cm³/mol. The molecule has 2 amide bonds. The molecule has 1 atom stereocenters. The lowest BCUT2D eigenvalue weighted by atomic mass is 9.86. The second-order valence-electron chi connectivity index (χ2n) is 7.13. The van der Waals surface area contributed by atoms with Crippen molar-refractivity contribution < 1.29 is 9.59 Å². The van der Waals surface area contributed by atoms with Crippen molar-refractivity contribution in [3.63, 3.8) is 0 Å². The first kappa shape index (κ1) is 14.7. The molecule has 4 nitrogen and oxygen atoms in total. The first-order valence-corrected chi connectivity index (χ1v) is 8.90. The molecule has 0 aliphatic heterocycles. The van der Waals surface area contributed by atoms with Gasteiger partial charge in [-0.15, -0.1) is 0 Å². The molecule has 1 aromatic carbocycles. The van der Waals surface area contributed by atoms with E-state index < -0.39 is 0 Å². The highest BCUT2D eigenvalue weighted by Crippen LogP contribution is 2.40. The van der Waals surface area contributed by atoms with Gasteiger partial charge >= 0.3 is 0 Å². The number of nitrogens with one attached hydrogen (secondary N) is 1. The summed E-state index contributed by atoms with van der Waals surface area (Å²) >= 11 is 0. The van der Waals surface area contributed by atoms with Gasteiger partial charge in [-0.2, -0.15) is 0 Å². The van der Waals surface area contributed by atoms with Gasteiger partial charge in [0.1, 0.15) is 0 Å². The van der Waals surface area contributed by atoms with Crippen molar-refractivity contribution in [3.8, 4) is 0 Å². The quantitative estimate of drug-likeness (QED) is 0.908. The van der Waals surface area contributed by atoms with Crippen LogP contribution in [0.25, 0.3) is 0 Å². The van der Waals surface area contributed by atoms with Gasteiger partial charge in [-0.1, -0.05) is 24.3 Å². The van der Waals surface area contributed by atoms with Crippen LogP contribution in [-0.2, 0) is 16.0 Å². The van der Waals surface area contributed by atoms with Crippen LogP contribution in [0, 0.1) is 5.92 Å². The summed E-state index contributed by atoms with van der Waals surface area (Å²) in [5, 5.41) is 2.84. The molecule has 3 aliphatic carbocycles. The van der Waals surface area contributed by atoms with E-state index in [0.29, 0.717) is 6.04 Å². The molecule has 3 aliphatic rings. The second-order valence-corrected chi connectivity index (χ2v) is 7.13. The highest BCUT2D eigenvalue weighted by Gasteiger charge is 2.39. The Kier molecular flexibility index (Phi) is 3.83. The van der Waals surface area contributed by atoms with E-state index >= 15 is 0 Å². The minimum atomic E-state index is 0.0538. The average Bonchev–Trinajstić information content (AvgIpc) is 3.46. The van der Waals surface area contributed by atoms with Crippen molar-refractivity contribution in [3.05, 3.63) is 35.4 Å². The normalized spacial score (nSPS) is 23.0. The van der Waals surface area contributed by atoms with E-state index in [1.54, 1.807) is 0 Å². The van der Waals surface area contributed by atoms with Crippen LogP contribution in [-0.4, -0.2) is 29.3 Å². The molecule has 4 heteroatoms. The fraction of sp³-hybridized carbons (Fsp3) is 0.579. The zero-order chi connectivity index (χ0) is 15.8. The SMILES string of the molecule is O=C(NCC(=O)N(C1CC1)[C@@H]1CCCc2ccccc21)C1CC1. The third kappa shape index (κ3) is 3.12. The standard InChI is InChI=1S/C19H24N2O2/c22-18(12-20-19(23)14-8-9-14)21(15-10-11-15)17-7-3-5-13-4-1-2-6-16(13)17/h1-2,4,6,14-15,17H,3,5,7-12H2,(H,20,23)/t17-/m1/s1. The summed E-state index contributed by atoms with van der Waals surface area (Å²) in [6.07, 6.45) is 7.42. The molecule has 23 heavy (non-hydrogen) atoms. The van der Waals surface area contributed by atoms with E-state index in [0.717, 1.165) is 44.9 Å². The molecular weight excluding hydrogens is 288 g/mol. The van der Waals surface area contributed by atoms with Crippen LogP contribution < -0.4 is 5.32 Å². The number of nitrogens with zero attached hydrogens (tertiary/aromatic N) is 1. The van der Waals surface area contributed by atoms with Crippen molar-refractivity contribution in [2.24, 2.45) is 5.92 Å². The number of carbonyl (C=O) groups excluding carboxylic acids is 2. The molecular formula is C19H24N2O2. The first-order chi connectivity index (χ1) is 11.2. The summed E-state index contributed by atoms with van der Waals surface area (Å²) in [6, 6.07) is 9.08. The second kappa shape index (κ2) is 5.99. The van der Waals surface area contributed by atoms with Gasteiger partial charge in [0.05, 0.1) is 12.6 Å². The first-order valence-electron chi connectivity index (χ1n) is 8.90. The molecule has 2 saturated carbocycles. The maximum absolute atomic E-state index is 12.8. The van der Waals surface area contributed by atoms with Crippen LogP contribution in [0.5, 0.6) is 0 Å². The maximum Gasteiger partial charge on any atom is 0.242 e. The predicted octanol–water partition coefficient (Wildman–Crippen LogP) is 2.58. The summed E-state index contributed by atoms with van der Waals surface area (Å²) in [5.74, 6) is 0.300. The summed E-state index contributed by atoms with van der Waals surface area (Å²) in [6.45, 7) is 0.157. The van der Waals surface area contributed by atoms with Crippen molar-refractivity contribution in [1.82, 2.24) is 10.2 Å². The zero-order valence-electron chi connectivity index (χ0n) is 13.5. The molecule has 0 unspecified atom stereocenters. The highest BCUT2D eigenvalue weighted by molar-refractivity contribution is 5.87. The lowest BCUT2D eigenvalue weighted by molar-refractivity contribution is -0.136. The number of amides is 2. The van der Waals surface area contributed by atoms with Crippen molar-refractivity contribution >= 4 is 11.8 Å². The Morgan fingerprint density at radius 3 is 2.61 bits per heavy atom. The molecule has 2 fully saturated rings. The fourth-order valence-corrected chi connectivity index (χ4v) is 3.75. The molecule has 1 aromatic rings. The van der Waals surface area contributed by atoms with Gasteiger partial charge in [-0.05, 0) is 56.1 Å². The van der Waals surface area contributed by atoms with Crippen LogP contribution in [0.4, 0.5) is 0 Å². The van der Waals surface area contributed by atoms with Gasteiger partial charge in [0.25, 0.3) is 0 Å². The number of hydrogen-bond acceptors (Lipinski definition) is 2. The Hall–Kier alpha value is -1.84. The smallest absolute Gasteiger partial charge is 0.242 e. The van der Waals surface area contributed by atoms with Crippen molar-refractivity contribution in [1.29, 1.82) is 0 Å². The van der Waals surface area contributed by atoms with Crippen LogP contribution in [0.3, 0.4) is 0 Å². The van der Waals surface area contributed by atoms with Gasteiger partial charge in [-0.25, -0.2) is 0 Å². The van der Waals surface area contributed by atoms with Crippen LogP contribution in [0.2, 0.25) is 0 Å². The molecule has 0 spiro atoms. The van der Waals surface area contributed by atoms with Crippen LogP contribution in [0.15, 0.2) is 24.3 Å². The Morgan fingerprint density at radius 2 is 1.87 bits per heavy atom. The molecule has 122 valence electrons. The molecule has 0 aromatic heterocycles. The minimum Gasteiger partial charge on any atom is -0.347 e. The summed E-state index contributed by atoms with van der Waals surface area (Å²) in [7, 11) is 0. The van der Waals surface area contributed by atoms with Gasteiger partial charge < -0.3 is 10.2 Å². The van der Waals surface area contributed by atoms with Crippen molar-refractivity contribution in [2.75, 3.05) is 6.54 Å².